The summed E-state index contributed by atoms with van der Waals surface area (Å²) >= 11 is 6.51. The molecule has 2 aliphatic rings. The van der Waals surface area contributed by atoms with Crippen molar-refractivity contribution in [3.8, 4) is 0 Å². The predicted octanol–water partition coefficient (Wildman–Crippen LogP) is 2.21. The van der Waals surface area contributed by atoms with E-state index >= 15 is 0 Å². The second-order valence-electron chi connectivity index (χ2n) is 9.17. The maximum Gasteiger partial charge on any atom is 0.335 e. The van der Waals surface area contributed by atoms with E-state index in [-0.39, 0.29) is 0 Å². The van der Waals surface area contributed by atoms with E-state index in [1.54, 1.807) is 0 Å². The molecule has 0 saturated carbocycles. The molecule has 2 atom stereocenters. The third-order valence-corrected chi connectivity index (χ3v) is 6.75. The van der Waals surface area contributed by atoms with E-state index in [9.17, 15) is 9.59 Å². The minimum atomic E-state index is -2.27. The van der Waals surface area contributed by atoms with Gasteiger partial charge in [0.2, 0.25) is 0 Å². The van der Waals surface area contributed by atoms with Gasteiger partial charge in [0.15, 0.2) is 12.2 Å². The first kappa shape index (κ1) is 29.8. The number of hydrogen-bond donors (Lipinski definition) is 6. The molecule has 2 aliphatic heterocycles. The largest absolute Gasteiger partial charge is 0.479 e. The zero-order chi connectivity index (χ0) is 27.5. The summed E-state index contributed by atoms with van der Waals surface area (Å²) in [6.07, 6.45) is -0.127. The third kappa shape index (κ3) is 8.93. The monoisotopic (exact) mass is 550 g/mol. The van der Waals surface area contributed by atoms with Crippen LogP contribution < -0.4 is 10.6 Å². The number of aliphatic hydroxyl groups excluding tert-OH is 2. The molecule has 0 aliphatic carbocycles. The van der Waals surface area contributed by atoms with Crippen molar-refractivity contribution >= 4 is 29.2 Å². The normalized spacial score (nSPS) is 17.2. The Morgan fingerprint density at radius 3 is 2.21 bits per heavy atom. The lowest BCUT2D eigenvalue weighted by atomic mass is 10.0. The Morgan fingerprint density at radius 2 is 1.58 bits per heavy atom. The summed E-state index contributed by atoms with van der Waals surface area (Å²) in [5, 5.41) is 40.4. The third-order valence-electron chi connectivity index (χ3n) is 6.43. The van der Waals surface area contributed by atoms with Crippen LogP contribution in [-0.4, -0.2) is 77.0 Å². The van der Waals surface area contributed by atoms with Gasteiger partial charge < -0.3 is 40.5 Å². The quantitative estimate of drug-likeness (QED) is 0.273. The molecule has 11 heteroatoms. The molecule has 2 aromatic carbocycles. The minimum Gasteiger partial charge on any atom is -0.479 e. The lowest BCUT2D eigenvalue weighted by molar-refractivity contribution is -0.165. The first-order chi connectivity index (χ1) is 18.3. The van der Waals surface area contributed by atoms with Crippen molar-refractivity contribution in [3.63, 3.8) is 0 Å². The van der Waals surface area contributed by atoms with Gasteiger partial charge in [0.1, 0.15) is 0 Å². The number of rotatable bonds is 9. The molecule has 0 bridgehead atoms. The molecule has 1 fully saturated rings. The van der Waals surface area contributed by atoms with E-state index in [4.69, 9.17) is 41.5 Å². The van der Waals surface area contributed by atoms with Crippen LogP contribution in [0.15, 0.2) is 36.4 Å². The number of fused-ring (bicyclic) bond motifs is 1. The number of anilines is 1. The Hall–Kier alpha value is -2.73. The standard InChI is InChI=1S/C23H29ClN2O2.C4H6O6/c24-22-6-5-19-7-11-25-12-8-21(19)23(22)26-15-17-1-3-18(4-2-17)16-28-20-9-13-27-14-10-20;5-1(3(7)8)2(6)4(9)10/h1-6,20,25-26H,7-16H2;1-2,5-6H,(H,7,8)(H,9,10)/t;1-,2-/m.1/s1. The molecule has 2 heterocycles. The number of carbonyl (C=O) groups is 2. The average Bonchev–Trinajstić information content (AvgIpc) is 3.18. The molecule has 4 rings (SSSR count). The Morgan fingerprint density at radius 1 is 0.974 bits per heavy atom. The average molecular weight is 551 g/mol. The molecule has 10 nitrogen and oxygen atoms in total. The number of carboxylic acids is 2. The molecule has 38 heavy (non-hydrogen) atoms. The first-order valence-corrected chi connectivity index (χ1v) is 13.0. The van der Waals surface area contributed by atoms with Crippen LogP contribution >= 0.6 is 11.6 Å². The fraction of sp³-hybridized carbons (Fsp3) is 0.481. The molecular formula is C27H35ClN2O8. The van der Waals surface area contributed by atoms with Gasteiger partial charge >= 0.3 is 11.9 Å². The number of ether oxygens (including phenoxy) is 2. The van der Waals surface area contributed by atoms with Crippen molar-refractivity contribution in [2.45, 2.75) is 57.1 Å². The highest BCUT2D eigenvalue weighted by Crippen LogP contribution is 2.31. The van der Waals surface area contributed by atoms with Crippen LogP contribution in [0.2, 0.25) is 5.02 Å². The first-order valence-electron chi connectivity index (χ1n) is 12.6. The van der Waals surface area contributed by atoms with E-state index in [1.165, 1.54) is 22.3 Å². The van der Waals surface area contributed by atoms with Gasteiger partial charge in [0, 0.05) is 19.8 Å². The highest BCUT2D eigenvalue weighted by Gasteiger charge is 2.29. The number of nitrogens with one attached hydrogen (secondary N) is 2. The fourth-order valence-electron chi connectivity index (χ4n) is 4.21. The molecule has 6 N–H and O–H groups in total. The Balaban J connectivity index is 0.000000342. The molecule has 0 aromatic heterocycles. The molecule has 208 valence electrons. The van der Waals surface area contributed by atoms with E-state index in [2.05, 4.69) is 41.0 Å². The fourth-order valence-corrected chi connectivity index (χ4v) is 4.45. The Kier molecular flexibility index (Phi) is 11.8. The number of carboxylic acid groups (broad SMARTS) is 2. The van der Waals surface area contributed by atoms with Crippen molar-refractivity contribution in [1.29, 1.82) is 0 Å². The number of aliphatic carboxylic acids is 2. The number of aliphatic hydroxyl groups is 2. The van der Waals surface area contributed by atoms with Gasteiger partial charge in [-0.1, -0.05) is 41.9 Å². The summed E-state index contributed by atoms with van der Waals surface area (Å²) in [6.45, 7) is 5.11. The second-order valence-corrected chi connectivity index (χ2v) is 9.58. The van der Waals surface area contributed by atoms with Crippen LogP contribution in [0.1, 0.15) is 35.1 Å². The topological polar surface area (TPSA) is 158 Å². The van der Waals surface area contributed by atoms with Gasteiger partial charge in [-0.25, -0.2) is 9.59 Å². The van der Waals surface area contributed by atoms with Crippen molar-refractivity contribution in [2.24, 2.45) is 0 Å². The Bertz CT molecular complexity index is 1040. The summed E-state index contributed by atoms with van der Waals surface area (Å²) in [7, 11) is 0. The summed E-state index contributed by atoms with van der Waals surface area (Å²) in [6, 6.07) is 12.9. The number of halogens is 1. The van der Waals surface area contributed by atoms with Crippen molar-refractivity contribution in [3.05, 3.63) is 63.7 Å². The SMILES string of the molecule is Clc1ccc2c(c1NCc1ccc(COC3CCOCC3)cc1)CCNCC2.O=C(O)[C@H](O)[C@@H](O)C(=O)O. The van der Waals surface area contributed by atoms with Gasteiger partial charge in [-0.3, -0.25) is 0 Å². The zero-order valence-corrected chi connectivity index (χ0v) is 21.8. The van der Waals surface area contributed by atoms with Gasteiger partial charge in [-0.05, 0) is 67.1 Å². The van der Waals surface area contributed by atoms with E-state index in [1.807, 2.05) is 6.07 Å². The van der Waals surface area contributed by atoms with Crippen molar-refractivity contribution in [1.82, 2.24) is 5.32 Å². The van der Waals surface area contributed by atoms with Crippen LogP contribution in [0.25, 0.3) is 0 Å². The molecule has 1 saturated heterocycles. The van der Waals surface area contributed by atoms with E-state index in [0.717, 1.165) is 69.2 Å². The highest BCUT2D eigenvalue weighted by molar-refractivity contribution is 6.33. The number of benzene rings is 2. The van der Waals surface area contributed by atoms with Crippen LogP contribution in [0.3, 0.4) is 0 Å². The molecule has 0 amide bonds. The minimum absolute atomic E-state index is 0.333. The van der Waals surface area contributed by atoms with Gasteiger partial charge in [0.25, 0.3) is 0 Å². The molecule has 2 aromatic rings. The van der Waals surface area contributed by atoms with E-state index < -0.39 is 24.1 Å². The Labute approximate surface area is 226 Å². The van der Waals surface area contributed by atoms with Gasteiger partial charge in [-0.2, -0.15) is 0 Å². The maximum absolute atomic E-state index is 9.77. The number of hydrogen-bond acceptors (Lipinski definition) is 8. The van der Waals surface area contributed by atoms with Crippen LogP contribution in [0.4, 0.5) is 5.69 Å². The van der Waals surface area contributed by atoms with Crippen LogP contribution in [0, 0.1) is 0 Å². The molecule has 0 unspecified atom stereocenters. The second kappa shape index (κ2) is 15.0. The summed E-state index contributed by atoms with van der Waals surface area (Å²) in [5.74, 6) is -3.54. The van der Waals surface area contributed by atoms with E-state index in [0.29, 0.717) is 12.7 Å². The van der Waals surface area contributed by atoms with Crippen molar-refractivity contribution < 1.29 is 39.5 Å². The molecule has 0 spiro atoms. The maximum atomic E-state index is 9.77. The van der Waals surface area contributed by atoms with Gasteiger partial charge in [0.05, 0.1) is 23.4 Å². The smallest absolute Gasteiger partial charge is 0.335 e. The summed E-state index contributed by atoms with van der Waals surface area (Å²) in [4.78, 5) is 19.5. The highest BCUT2D eigenvalue weighted by atomic mass is 35.5. The zero-order valence-electron chi connectivity index (χ0n) is 21.1. The summed E-state index contributed by atoms with van der Waals surface area (Å²) in [5.41, 5.74) is 6.31. The summed E-state index contributed by atoms with van der Waals surface area (Å²) < 4.78 is 11.4. The molecular weight excluding hydrogens is 516 g/mol. The lowest BCUT2D eigenvalue weighted by Crippen LogP contribution is -2.39. The lowest BCUT2D eigenvalue weighted by Gasteiger charge is -2.22. The van der Waals surface area contributed by atoms with Crippen LogP contribution in [0.5, 0.6) is 0 Å². The molecule has 0 radical (unpaired) electrons. The van der Waals surface area contributed by atoms with Gasteiger partial charge in [-0.15, -0.1) is 0 Å². The van der Waals surface area contributed by atoms with Crippen LogP contribution in [-0.2, 0) is 45.1 Å². The predicted molar refractivity (Wildman–Crippen MR) is 141 cm³/mol. The van der Waals surface area contributed by atoms with Crippen molar-refractivity contribution in [2.75, 3.05) is 31.6 Å².